The van der Waals surface area contributed by atoms with E-state index in [-0.39, 0.29) is 5.91 Å². The maximum atomic E-state index is 12.6. The number of anilines is 1. The molecule has 0 spiro atoms. The topological polar surface area (TPSA) is 35.9 Å². The van der Waals surface area contributed by atoms with E-state index < -0.39 is 0 Å². The van der Waals surface area contributed by atoms with Crippen molar-refractivity contribution in [3.8, 4) is 0 Å². The lowest BCUT2D eigenvalue weighted by Gasteiger charge is -2.15. The highest BCUT2D eigenvalue weighted by Gasteiger charge is 2.30. The second-order valence-corrected chi connectivity index (χ2v) is 6.32. The number of carbonyl (C=O) groups excluding carboxylic acids is 1. The number of benzene rings is 2. The van der Waals surface area contributed by atoms with Crippen LogP contribution in [0.4, 0.5) is 5.69 Å². The minimum Gasteiger partial charge on any atom is -0.378 e. The predicted octanol–water partition coefficient (Wildman–Crippen LogP) is 3.06. The van der Waals surface area contributed by atoms with E-state index in [1.807, 2.05) is 73.6 Å². The van der Waals surface area contributed by atoms with Gasteiger partial charge in [0, 0.05) is 26.2 Å². The number of amides is 1. The van der Waals surface area contributed by atoms with Crippen LogP contribution in [0.15, 0.2) is 59.6 Å². The van der Waals surface area contributed by atoms with Crippen molar-refractivity contribution in [1.29, 1.82) is 0 Å². The summed E-state index contributed by atoms with van der Waals surface area (Å²) >= 11 is 5.28. The molecular weight excluding hydrogens is 318 g/mol. The number of hydrogen-bond acceptors (Lipinski definition) is 3. The van der Waals surface area contributed by atoms with Crippen LogP contribution in [0.5, 0.6) is 0 Å². The summed E-state index contributed by atoms with van der Waals surface area (Å²) in [6.07, 6.45) is 0.498. The first-order valence-electron chi connectivity index (χ1n) is 7.78. The Labute approximate surface area is 147 Å². The fraction of sp³-hybridized carbons (Fsp3) is 0.211. The number of aliphatic imine (C=N–C) groups is 1. The van der Waals surface area contributed by atoms with E-state index in [1.54, 1.807) is 4.90 Å². The molecule has 3 rings (SSSR count). The molecule has 0 N–H and O–H groups in total. The first kappa shape index (κ1) is 16.3. The molecule has 0 fully saturated rings. The van der Waals surface area contributed by atoms with E-state index in [2.05, 4.69) is 4.99 Å². The molecule has 1 aliphatic rings. The number of hydrogen-bond donors (Lipinski definition) is 0. The SMILES string of the molecule is CN(C)c1ccc(CC2=NC(=S)N(Cc3ccccc3)C2=O)cc1. The van der Waals surface area contributed by atoms with E-state index in [1.165, 1.54) is 0 Å². The quantitative estimate of drug-likeness (QED) is 0.787. The van der Waals surface area contributed by atoms with Gasteiger partial charge >= 0.3 is 0 Å². The van der Waals surface area contributed by atoms with Crippen LogP contribution in [-0.2, 0) is 17.8 Å². The normalized spacial score (nSPS) is 14.1. The van der Waals surface area contributed by atoms with Crippen LogP contribution in [0, 0.1) is 0 Å². The van der Waals surface area contributed by atoms with Gasteiger partial charge in [-0.25, -0.2) is 4.99 Å². The maximum Gasteiger partial charge on any atom is 0.275 e. The van der Waals surface area contributed by atoms with Crippen LogP contribution in [0.3, 0.4) is 0 Å². The van der Waals surface area contributed by atoms with Gasteiger partial charge in [0.05, 0.1) is 6.54 Å². The van der Waals surface area contributed by atoms with Crippen molar-refractivity contribution in [2.45, 2.75) is 13.0 Å². The van der Waals surface area contributed by atoms with Crippen molar-refractivity contribution in [3.63, 3.8) is 0 Å². The van der Waals surface area contributed by atoms with Gasteiger partial charge in [0.1, 0.15) is 5.71 Å². The summed E-state index contributed by atoms with van der Waals surface area (Å²) in [5.74, 6) is -0.0967. The predicted molar refractivity (Wildman–Crippen MR) is 101 cm³/mol. The molecule has 0 aromatic heterocycles. The highest BCUT2D eigenvalue weighted by molar-refractivity contribution is 7.80. The van der Waals surface area contributed by atoms with Gasteiger partial charge in [-0.1, -0.05) is 42.5 Å². The van der Waals surface area contributed by atoms with Gasteiger partial charge in [0.15, 0.2) is 0 Å². The number of thiocarbonyl (C=S) groups is 1. The molecule has 0 atom stereocenters. The molecule has 122 valence electrons. The molecule has 0 radical (unpaired) electrons. The zero-order valence-electron chi connectivity index (χ0n) is 13.8. The summed E-state index contributed by atoms with van der Waals surface area (Å²) in [7, 11) is 4.00. The highest BCUT2D eigenvalue weighted by atomic mass is 32.1. The Bertz CT molecular complexity index is 782. The average Bonchev–Trinajstić information content (AvgIpc) is 2.84. The third-order valence-corrected chi connectivity index (χ3v) is 4.27. The number of rotatable bonds is 5. The molecule has 0 saturated carbocycles. The van der Waals surface area contributed by atoms with Gasteiger partial charge in [-0.3, -0.25) is 9.69 Å². The van der Waals surface area contributed by atoms with Crippen molar-refractivity contribution in [2.75, 3.05) is 19.0 Å². The van der Waals surface area contributed by atoms with E-state index >= 15 is 0 Å². The van der Waals surface area contributed by atoms with E-state index in [0.717, 1.165) is 16.8 Å². The Morgan fingerprint density at radius 3 is 2.29 bits per heavy atom. The Kier molecular flexibility index (Phi) is 4.71. The van der Waals surface area contributed by atoms with Gasteiger partial charge in [0.2, 0.25) is 5.11 Å². The lowest BCUT2D eigenvalue weighted by atomic mass is 10.1. The van der Waals surface area contributed by atoms with E-state index in [9.17, 15) is 4.79 Å². The van der Waals surface area contributed by atoms with E-state index in [0.29, 0.717) is 23.8 Å². The molecule has 0 unspecified atom stereocenters. The third-order valence-electron chi connectivity index (χ3n) is 3.96. The van der Waals surface area contributed by atoms with Crippen molar-refractivity contribution in [3.05, 3.63) is 65.7 Å². The lowest BCUT2D eigenvalue weighted by molar-refractivity contribution is -0.120. The lowest BCUT2D eigenvalue weighted by Crippen LogP contribution is -2.32. The first-order valence-corrected chi connectivity index (χ1v) is 8.19. The van der Waals surface area contributed by atoms with Crippen molar-refractivity contribution < 1.29 is 4.79 Å². The fourth-order valence-corrected chi connectivity index (χ4v) is 2.85. The second-order valence-electron chi connectivity index (χ2n) is 5.96. The Morgan fingerprint density at radius 1 is 1.00 bits per heavy atom. The Balaban J connectivity index is 1.70. The third kappa shape index (κ3) is 3.51. The molecule has 24 heavy (non-hydrogen) atoms. The number of nitrogens with zero attached hydrogens (tertiary/aromatic N) is 3. The monoisotopic (exact) mass is 337 g/mol. The standard InChI is InChI=1S/C19H19N3OS/c1-21(2)16-10-8-14(9-11-16)12-17-18(23)22(19(24)20-17)13-15-6-4-3-5-7-15/h3-11H,12-13H2,1-2H3. The van der Waals surface area contributed by atoms with Crippen LogP contribution < -0.4 is 4.90 Å². The molecule has 1 aliphatic heterocycles. The van der Waals surface area contributed by atoms with Crippen LogP contribution >= 0.6 is 12.2 Å². The minimum absolute atomic E-state index is 0.0967. The van der Waals surface area contributed by atoms with Gasteiger partial charge in [-0.15, -0.1) is 0 Å². The maximum absolute atomic E-state index is 12.6. The highest BCUT2D eigenvalue weighted by Crippen LogP contribution is 2.17. The molecule has 0 saturated heterocycles. The average molecular weight is 337 g/mol. The fourth-order valence-electron chi connectivity index (χ4n) is 2.59. The molecular formula is C19H19N3OS. The molecule has 4 nitrogen and oxygen atoms in total. The van der Waals surface area contributed by atoms with Crippen LogP contribution in [0.2, 0.25) is 0 Å². The molecule has 1 heterocycles. The molecule has 5 heteroatoms. The molecule has 0 bridgehead atoms. The second kappa shape index (κ2) is 6.93. The van der Waals surface area contributed by atoms with Crippen LogP contribution in [0.25, 0.3) is 0 Å². The van der Waals surface area contributed by atoms with Gasteiger partial charge < -0.3 is 4.90 Å². The molecule has 0 aliphatic carbocycles. The van der Waals surface area contributed by atoms with Crippen LogP contribution in [-0.4, -0.2) is 35.7 Å². The minimum atomic E-state index is -0.0967. The zero-order valence-corrected chi connectivity index (χ0v) is 14.6. The summed E-state index contributed by atoms with van der Waals surface area (Å²) in [4.78, 5) is 20.5. The smallest absolute Gasteiger partial charge is 0.275 e. The zero-order chi connectivity index (χ0) is 17.1. The molecule has 2 aromatic rings. The molecule has 1 amide bonds. The van der Waals surface area contributed by atoms with Crippen molar-refractivity contribution >= 4 is 34.6 Å². The summed E-state index contributed by atoms with van der Waals surface area (Å²) in [5, 5.41) is 0.351. The molecule has 2 aromatic carbocycles. The van der Waals surface area contributed by atoms with Crippen molar-refractivity contribution in [2.24, 2.45) is 4.99 Å². The Morgan fingerprint density at radius 2 is 1.67 bits per heavy atom. The summed E-state index contributed by atoms with van der Waals surface area (Å²) < 4.78 is 0. The van der Waals surface area contributed by atoms with Gasteiger partial charge in [-0.2, -0.15) is 0 Å². The van der Waals surface area contributed by atoms with Gasteiger partial charge in [0.25, 0.3) is 5.91 Å². The van der Waals surface area contributed by atoms with Gasteiger partial charge in [-0.05, 0) is 35.5 Å². The van der Waals surface area contributed by atoms with Crippen molar-refractivity contribution in [1.82, 2.24) is 4.90 Å². The summed E-state index contributed by atoms with van der Waals surface area (Å²) in [5.41, 5.74) is 3.73. The summed E-state index contributed by atoms with van der Waals surface area (Å²) in [6.45, 7) is 0.463. The van der Waals surface area contributed by atoms with E-state index in [4.69, 9.17) is 12.2 Å². The number of carbonyl (C=O) groups is 1. The Hall–Kier alpha value is -2.53. The van der Waals surface area contributed by atoms with Crippen LogP contribution in [0.1, 0.15) is 11.1 Å². The first-order chi connectivity index (χ1) is 11.5. The summed E-state index contributed by atoms with van der Waals surface area (Å²) in [6, 6.07) is 17.9. The largest absolute Gasteiger partial charge is 0.378 e.